The molecule has 0 aliphatic carbocycles. The Labute approximate surface area is 69.8 Å². The van der Waals surface area contributed by atoms with Crippen LogP contribution in [0.5, 0.6) is 0 Å². The molecule has 0 aliphatic rings. The van der Waals surface area contributed by atoms with Gasteiger partial charge in [-0.3, -0.25) is 0 Å². The summed E-state index contributed by atoms with van der Waals surface area (Å²) >= 11 is -2.32. The predicted molar refractivity (Wildman–Crippen MR) is 29.8 cm³/mol. The van der Waals surface area contributed by atoms with E-state index in [0.29, 0.717) is 6.61 Å². The summed E-state index contributed by atoms with van der Waals surface area (Å²) < 4.78 is 23.5. The summed E-state index contributed by atoms with van der Waals surface area (Å²) in [4.78, 5) is 0. The summed E-state index contributed by atoms with van der Waals surface area (Å²) in [5.41, 5.74) is 0. The van der Waals surface area contributed by atoms with Crippen molar-refractivity contribution in [3.63, 3.8) is 0 Å². The van der Waals surface area contributed by atoms with E-state index in [1.165, 1.54) is 0 Å². The van der Waals surface area contributed by atoms with Crippen LogP contribution in [0.15, 0.2) is 0 Å². The van der Waals surface area contributed by atoms with Gasteiger partial charge in [0, 0.05) is 0 Å². The van der Waals surface area contributed by atoms with Gasteiger partial charge in [0.2, 0.25) is 0 Å². The van der Waals surface area contributed by atoms with Gasteiger partial charge in [0.25, 0.3) is 0 Å². The fourth-order valence-electron chi connectivity index (χ4n) is 0.271. The Morgan fingerprint density at radius 3 is 2.56 bits per heavy atom. The zero-order valence-electron chi connectivity index (χ0n) is 5.75. The molecule has 0 fully saturated rings. The third-order valence-corrected chi connectivity index (χ3v) is 1.04. The molecule has 0 N–H and O–H groups in total. The van der Waals surface area contributed by atoms with Crippen molar-refractivity contribution in [2.24, 2.45) is 0 Å². The maximum absolute atomic E-state index is 9.65. The Kier molecular flexibility index (Phi) is 11.9. The molecule has 1 atom stereocenters. The van der Waals surface area contributed by atoms with Crippen LogP contribution < -0.4 is 18.9 Å². The number of rotatable bonds is 4. The minimum absolute atomic E-state index is 0. The molecule has 0 aromatic rings. The second-order valence-corrected chi connectivity index (χ2v) is 2.02. The molecule has 0 aromatic heterocycles. The number of hydrogen-bond donors (Lipinski definition) is 0. The van der Waals surface area contributed by atoms with Crippen LogP contribution in [0.2, 0.25) is 0 Å². The molecule has 1 unspecified atom stereocenters. The van der Waals surface area contributed by atoms with Gasteiger partial charge in [-0.05, 0) is 6.42 Å². The van der Waals surface area contributed by atoms with Crippen molar-refractivity contribution in [1.82, 2.24) is 0 Å². The van der Waals surface area contributed by atoms with Crippen molar-refractivity contribution in [3.05, 3.63) is 0 Å². The van der Waals surface area contributed by atoms with Crippen LogP contribution in [0.25, 0.3) is 0 Å². The van der Waals surface area contributed by atoms with E-state index < -0.39 is 11.4 Å². The molecule has 0 radical (unpaired) electrons. The minimum Gasteiger partial charge on any atom is -0.750 e. The molecule has 0 heterocycles. The molecule has 0 saturated heterocycles. The quantitative estimate of drug-likeness (QED) is 0.251. The van der Waals surface area contributed by atoms with Crippen molar-refractivity contribution >= 4 is 11.4 Å². The topological polar surface area (TPSA) is 49.4 Å². The molecule has 9 heavy (non-hydrogen) atoms. The molecule has 3 nitrogen and oxygen atoms in total. The summed E-state index contributed by atoms with van der Waals surface area (Å²) in [5, 5.41) is 0. The number of hydrogen-bond acceptors (Lipinski definition) is 3. The minimum atomic E-state index is -2.32. The van der Waals surface area contributed by atoms with E-state index in [1.807, 2.05) is 6.92 Å². The molecular weight excluding hydrogens is 135 g/mol. The van der Waals surface area contributed by atoms with E-state index in [2.05, 4.69) is 4.18 Å². The first kappa shape index (κ1) is 12.4. The third-order valence-electron chi connectivity index (χ3n) is 0.677. The van der Waals surface area contributed by atoms with Crippen molar-refractivity contribution in [3.8, 4) is 0 Å². The van der Waals surface area contributed by atoms with Crippen LogP contribution in [-0.2, 0) is 15.5 Å². The summed E-state index contributed by atoms with van der Waals surface area (Å²) in [6, 6.07) is 0. The summed E-state index contributed by atoms with van der Waals surface area (Å²) in [7, 11) is 0. The van der Waals surface area contributed by atoms with Gasteiger partial charge < -0.3 is 8.74 Å². The van der Waals surface area contributed by atoms with Crippen LogP contribution in [0.3, 0.4) is 0 Å². The summed E-state index contributed by atoms with van der Waals surface area (Å²) in [6.07, 6.45) is 1.76. The van der Waals surface area contributed by atoms with Gasteiger partial charge >= 0.3 is 18.9 Å². The molecule has 0 rings (SSSR count). The van der Waals surface area contributed by atoms with E-state index in [4.69, 9.17) is 0 Å². The summed E-state index contributed by atoms with van der Waals surface area (Å²) in [6.45, 7) is 2.28. The number of unbranched alkanes of at least 4 members (excludes halogenated alkanes) is 1. The van der Waals surface area contributed by atoms with E-state index in [-0.39, 0.29) is 18.9 Å². The van der Waals surface area contributed by atoms with Crippen molar-refractivity contribution < 1.29 is 31.8 Å². The molecular formula is C4H9LiO3S. The first-order chi connectivity index (χ1) is 3.77. The van der Waals surface area contributed by atoms with Crippen LogP contribution in [0, 0.1) is 0 Å². The molecule has 0 amide bonds. The fraction of sp³-hybridized carbons (Fsp3) is 1.00. The molecule has 0 aliphatic heterocycles. The third kappa shape index (κ3) is 12.0. The van der Waals surface area contributed by atoms with Gasteiger partial charge in [-0.1, -0.05) is 13.3 Å². The van der Waals surface area contributed by atoms with Crippen molar-refractivity contribution in [2.45, 2.75) is 19.8 Å². The Bertz CT molecular complexity index is 78.2. The van der Waals surface area contributed by atoms with Gasteiger partial charge in [-0.15, -0.1) is 0 Å². The maximum atomic E-state index is 9.65. The molecule has 5 heteroatoms. The first-order valence-corrected chi connectivity index (χ1v) is 3.50. The van der Waals surface area contributed by atoms with Crippen molar-refractivity contribution in [1.29, 1.82) is 0 Å². The Hall–Kier alpha value is 0.667. The largest absolute Gasteiger partial charge is 1.00 e. The second-order valence-electron chi connectivity index (χ2n) is 1.38. The molecule has 0 aromatic carbocycles. The normalized spacial score (nSPS) is 12.2. The van der Waals surface area contributed by atoms with Gasteiger partial charge in [0.1, 0.15) is 0 Å². The molecule has 50 valence electrons. The average Bonchev–Trinajstić information content (AvgIpc) is 1.66. The van der Waals surface area contributed by atoms with Crippen LogP contribution in [-0.4, -0.2) is 15.4 Å². The molecule has 0 bridgehead atoms. The zero-order valence-corrected chi connectivity index (χ0v) is 6.57. The SMILES string of the molecule is CCCCOS(=O)[O-].[Li+]. The van der Waals surface area contributed by atoms with Gasteiger partial charge in [0.15, 0.2) is 0 Å². The fourth-order valence-corrected chi connectivity index (χ4v) is 0.525. The smallest absolute Gasteiger partial charge is 0.750 e. The van der Waals surface area contributed by atoms with E-state index in [0.717, 1.165) is 12.8 Å². The average molecular weight is 144 g/mol. The maximum Gasteiger partial charge on any atom is 1.00 e. The first-order valence-electron chi connectivity index (χ1n) is 2.50. The molecule has 0 spiro atoms. The second kappa shape index (κ2) is 8.67. The van der Waals surface area contributed by atoms with Gasteiger partial charge in [0.05, 0.1) is 18.0 Å². The van der Waals surface area contributed by atoms with Crippen LogP contribution in [0.4, 0.5) is 0 Å². The predicted octanol–water partition coefficient (Wildman–Crippen LogP) is -2.40. The van der Waals surface area contributed by atoms with E-state index in [1.54, 1.807) is 0 Å². The van der Waals surface area contributed by atoms with Crippen LogP contribution >= 0.6 is 0 Å². The summed E-state index contributed by atoms with van der Waals surface area (Å²) in [5.74, 6) is 0. The Balaban J connectivity index is 0. The van der Waals surface area contributed by atoms with Crippen molar-refractivity contribution in [2.75, 3.05) is 6.61 Å². The van der Waals surface area contributed by atoms with Crippen LogP contribution in [0.1, 0.15) is 19.8 Å². The Morgan fingerprint density at radius 2 is 2.22 bits per heavy atom. The monoisotopic (exact) mass is 144 g/mol. The van der Waals surface area contributed by atoms with E-state index >= 15 is 0 Å². The van der Waals surface area contributed by atoms with E-state index in [9.17, 15) is 8.76 Å². The Morgan fingerprint density at radius 1 is 1.67 bits per heavy atom. The van der Waals surface area contributed by atoms with Gasteiger partial charge in [-0.25, -0.2) is 4.21 Å². The van der Waals surface area contributed by atoms with Gasteiger partial charge in [-0.2, -0.15) is 0 Å². The standard InChI is InChI=1S/C4H10O3S.Li/c1-2-3-4-7-8(5)6;/h2-4H2,1H3,(H,5,6);/q;+1/p-1. The molecule has 0 saturated carbocycles. The zero-order chi connectivity index (χ0) is 6.41.